The average molecular weight is 213 g/mol. The summed E-state index contributed by atoms with van der Waals surface area (Å²) in [6, 6.07) is 5.45. The highest BCUT2D eigenvalue weighted by molar-refractivity contribution is 6.32. The lowest BCUT2D eigenvalue weighted by molar-refractivity contribution is -0.109. The summed E-state index contributed by atoms with van der Waals surface area (Å²) in [5, 5.41) is 0.547. The van der Waals surface area contributed by atoms with Gasteiger partial charge in [-0.3, -0.25) is 0 Å². The van der Waals surface area contributed by atoms with E-state index in [1.165, 1.54) is 0 Å². The third kappa shape index (κ3) is 2.07. The van der Waals surface area contributed by atoms with Crippen LogP contribution in [0, 0.1) is 0 Å². The monoisotopic (exact) mass is 212 g/mol. The number of methoxy groups -OCH3 is 1. The van der Waals surface area contributed by atoms with E-state index in [0.29, 0.717) is 10.8 Å². The Balaban J connectivity index is 3.18. The molecule has 0 bridgehead atoms. The summed E-state index contributed by atoms with van der Waals surface area (Å²) in [6.45, 7) is 1.96. The molecule has 1 aromatic rings. The van der Waals surface area contributed by atoms with Crippen molar-refractivity contribution >= 4 is 17.9 Å². The van der Waals surface area contributed by atoms with E-state index in [0.717, 1.165) is 18.3 Å². The second-order valence-corrected chi connectivity index (χ2v) is 3.42. The zero-order valence-corrected chi connectivity index (χ0v) is 9.04. The van der Waals surface area contributed by atoms with Crippen molar-refractivity contribution in [2.45, 2.75) is 19.3 Å². The Morgan fingerprint density at radius 3 is 2.79 bits per heavy atom. The van der Waals surface area contributed by atoms with Gasteiger partial charge in [0.05, 0.1) is 12.1 Å². The fourth-order valence-corrected chi connectivity index (χ4v) is 1.68. The van der Waals surface area contributed by atoms with Gasteiger partial charge >= 0.3 is 0 Å². The lowest BCUT2D eigenvalue weighted by atomic mass is 9.97. The molecule has 0 saturated heterocycles. The molecule has 1 rings (SSSR count). The van der Waals surface area contributed by atoms with Gasteiger partial charge in [-0.05, 0) is 12.5 Å². The van der Waals surface area contributed by atoms with Gasteiger partial charge in [-0.25, -0.2) is 0 Å². The molecule has 0 radical (unpaired) electrons. The van der Waals surface area contributed by atoms with Gasteiger partial charge in [-0.15, -0.1) is 0 Å². The molecule has 0 aromatic heterocycles. The van der Waals surface area contributed by atoms with Crippen LogP contribution in [0.25, 0.3) is 0 Å². The van der Waals surface area contributed by atoms with Gasteiger partial charge in [0.2, 0.25) is 0 Å². The van der Waals surface area contributed by atoms with E-state index < -0.39 is 0 Å². The van der Waals surface area contributed by atoms with Crippen molar-refractivity contribution in [3.63, 3.8) is 0 Å². The first-order chi connectivity index (χ1) is 6.74. The smallest absolute Gasteiger partial charge is 0.141 e. The van der Waals surface area contributed by atoms with Crippen molar-refractivity contribution in [2.75, 3.05) is 7.11 Å². The molecule has 0 heterocycles. The first kappa shape index (κ1) is 11.1. The highest BCUT2D eigenvalue weighted by Crippen LogP contribution is 2.33. The van der Waals surface area contributed by atoms with Gasteiger partial charge in [-0.1, -0.05) is 30.7 Å². The molecule has 1 aromatic carbocycles. The minimum atomic E-state index is -0.136. The predicted octanol–water partition coefficient (Wildman–Crippen LogP) is 3.04. The number of carbonyl (C=O) groups excluding carboxylic acids is 1. The number of carbonyl (C=O) groups is 1. The fourth-order valence-electron chi connectivity index (χ4n) is 1.42. The van der Waals surface area contributed by atoms with Gasteiger partial charge in [0.1, 0.15) is 12.0 Å². The largest absolute Gasteiger partial charge is 0.495 e. The van der Waals surface area contributed by atoms with E-state index in [1.54, 1.807) is 13.2 Å². The zero-order valence-electron chi connectivity index (χ0n) is 8.29. The molecular weight excluding hydrogens is 200 g/mol. The number of hydrogen-bond donors (Lipinski definition) is 0. The third-order valence-corrected chi connectivity index (χ3v) is 2.50. The summed E-state index contributed by atoms with van der Waals surface area (Å²) >= 11 is 5.95. The molecule has 0 fully saturated rings. The number of hydrogen-bond acceptors (Lipinski definition) is 2. The molecule has 14 heavy (non-hydrogen) atoms. The van der Waals surface area contributed by atoms with Crippen molar-refractivity contribution < 1.29 is 9.53 Å². The normalized spacial score (nSPS) is 12.2. The average Bonchev–Trinajstić information content (AvgIpc) is 2.20. The molecule has 2 nitrogen and oxygen atoms in total. The Morgan fingerprint density at radius 2 is 2.29 bits per heavy atom. The summed E-state index contributed by atoms with van der Waals surface area (Å²) in [6.07, 6.45) is 1.67. The number of aldehydes is 1. The van der Waals surface area contributed by atoms with Gasteiger partial charge in [0.25, 0.3) is 0 Å². The van der Waals surface area contributed by atoms with Gasteiger partial charge in [0.15, 0.2) is 0 Å². The van der Waals surface area contributed by atoms with E-state index in [9.17, 15) is 4.79 Å². The van der Waals surface area contributed by atoms with E-state index in [4.69, 9.17) is 16.3 Å². The van der Waals surface area contributed by atoms with Crippen LogP contribution in [0.15, 0.2) is 18.2 Å². The molecule has 0 aliphatic carbocycles. The number of benzene rings is 1. The SMILES string of the molecule is CCC(C=O)c1cccc(Cl)c1OC. The molecule has 0 N–H and O–H groups in total. The Labute approximate surface area is 88.8 Å². The molecule has 3 heteroatoms. The maximum atomic E-state index is 10.8. The first-order valence-electron chi connectivity index (χ1n) is 4.52. The van der Waals surface area contributed by atoms with Crippen LogP contribution in [0.4, 0.5) is 0 Å². The van der Waals surface area contributed by atoms with Crippen LogP contribution in [0.3, 0.4) is 0 Å². The van der Waals surface area contributed by atoms with Crippen molar-refractivity contribution in [2.24, 2.45) is 0 Å². The van der Waals surface area contributed by atoms with Crippen molar-refractivity contribution in [1.82, 2.24) is 0 Å². The summed E-state index contributed by atoms with van der Waals surface area (Å²) in [5.41, 5.74) is 0.859. The number of para-hydroxylation sites is 1. The number of rotatable bonds is 4. The molecule has 0 aliphatic heterocycles. The highest BCUT2D eigenvalue weighted by Gasteiger charge is 2.15. The van der Waals surface area contributed by atoms with Crippen LogP contribution in [0.1, 0.15) is 24.8 Å². The molecule has 0 amide bonds. The molecule has 0 spiro atoms. The van der Waals surface area contributed by atoms with E-state index in [1.807, 2.05) is 19.1 Å². The molecule has 0 aliphatic rings. The van der Waals surface area contributed by atoms with Crippen molar-refractivity contribution in [3.05, 3.63) is 28.8 Å². The van der Waals surface area contributed by atoms with Crippen molar-refractivity contribution in [3.8, 4) is 5.75 Å². The Morgan fingerprint density at radius 1 is 1.57 bits per heavy atom. The zero-order chi connectivity index (χ0) is 10.6. The summed E-state index contributed by atoms with van der Waals surface area (Å²) in [7, 11) is 1.56. The third-order valence-electron chi connectivity index (χ3n) is 2.21. The minimum absolute atomic E-state index is 0.136. The predicted molar refractivity (Wildman–Crippen MR) is 57.1 cm³/mol. The first-order valence-corrected chi connectivity index (χ1v) is 4.90. The van der Waals surface area contributed by atoms with Crippen LogP contribution >= 0.6 is 11.6 Å². The maximum absolute atomic E-state index is 10.8. The second kappa shape index (κ2) is 5.01. The summed E-state index contributed by atoms with van der Waals surface area (Å²) in [4.78, 5) is 10.8. The topological polar surface area (TPSA) is 26.3 Å². The van der Waals surface area contributed by atoms with Crippen LogP contribution in [-0.2, 0) is 4.79 Å². The van der Waals surface area contributed by atoms with E-state index >= 15 is 0 Å². The van der Waals surface area contributed by atoms with E-state index in [-0.39, 0.29) is 5.92 Å². The Hall–Kier alpha value is -1.02. The van der Waals surface area contributed by atoms with E-state index in [2.05, 4.69) is 0 Å². The lowest BCUT2D eigenvalue weighted by Crippen LogP contribution is -2.01. The molecule has 76 valence electrons. The van der Waals surface area contributed by atoms with Crippen LogP contribution in [0.2, 0.25) is 5.02 Å². The molecule has 0 saturated carbocycles. The molecule has 1 unspecified atom stereocenters. The van der Waals surface area contributed by atoms with Gasteiger partial charge in [-0.2, -0.15) is 0 Å². The van der Waals surface area contributed by atoms with Gasteiger partial charge in [0, 0.05) is 11.5 Å². The quantitative estimate of drug-likeness (QED) is 0.718. The van der Waals surface area contributed by atoms with Crippen LogP contribution in [0.5, 0.6) is 5.75 Å². The fraction of sp³-hybridized carbons (Fsp3) is 0.364. The second-order valence-electron chi connectivity index (χ2n) is 3.01. The van der Waals surface area contributed by atoms with Crippen molar-refractivity contribution in [1.29, 1.82) is 0 Å². The summed E-state index contributed by atoms with van der Waals surface area (Å²) < 4.78 is 5.17. The minimum Gasteiger partial charge on any atom is -0.495 e. The maximum Gasteiger partial charge on any atom is 0.141 e. The number of halogens is 1. The van der Waals surface area contributed by atoms with Gasteiger partial charge < -0.3 is 9.53 Å². The highest BCUT2D eigenvalue weighted by atomic mass is 35.5. The standard InChI is InChI=1S/C11H13ClO2/c1-3-8(7-13)9-5-4-6-10(12)11(9)14-2/h4-8H,3H2,1-2H3. The van der Waals surface area contributed by atoms with Crippen LogP contribution in [-0.4, -0.2) is 13.4 Å². The lowest BCUT2D eigenvalue weighted by Gasteiger charge is -2.13. The number of ether oxygens (including phenoxy) is 1. The molecular formula is C11H13ClO2. The molecule has 1 atom stereocenters. The van der Waals surface area contributed by atoms with Crippen LogP contribution < -0.4 is 4.74 Å². The summed E-state index contributed by atoms with van der Waals surface area (Å²) in [5.74, 6) is 0.469. The Kier molecular flexibility index (Phi) is 3.96. The Bertz CT molecular complexity index is 323.